The minimum Gasteiger partial charge on any atom is -0.756 e. The number of nitrogens with zero attached hydrogens (tertiary/aromatic N) is 1. The van der Waals surface area contributed by atoms with Crippen molar-refractivity contribution >= 4 is 19.8 Å². The molecule has 0 saturated carbocycles. The van der Waals surface area contributed by atoms with Crippen LogP contribution in [0, 0.1) is 0 Å². The van der Waals surface area contributed by atoms with Crippen LogP contribution in [-0.4, -0.2) is 70.0 Å². The Hall–Kier alpha value is -1.25. The molecule has 1 unspecified atom stereocenters. The first-order valence-corrected chi connectivity index (χ1v) is 22.4. The highest BCUT2D eigenvalue weighted by molar-refractivity contribution is 7.45. The van der Waals surface area contributed by atoms with Gasteiger partial charge in [-0.3, -0.25) is 14.2 Å². The zero-order valence-electron chi connectivity index (χ0n) is 33.8. The van der Waals surface area contributed by atoms with Crippen LogP contribution in [0.3, 0.4) is 0 Å². The molecule has 0 aromatic heterocycles. The molecule has 0 fully saturated rings. The first-order chi connectivity index (χ1) is 24.5. The van der Waals surface area contributed by atoms with Gasteiger partial charge in [0, 0.05) is 12.8 Å². The van der Waals surface area contributed by atoms with Crippen molar-refractivity contribution in [1.29, 1.82) is 0 Å². The van der Waals surface area contributed by atoms with Gasteiger partial charge in [0.25, 0.3) is 7.82 Å². The molecule has 302 valence electrons. The Balaban J connectivity index is 4.36. The summed E-state index contributed by atoms with van der Waals surface area (Å²) in [5.74, 6) is -0.838. The number of carbonyl (C=O) groups excluding carboxylic acids is 2. The summed E-state index contributed by atoms with van der Waals surface area (Å²) in [6, 6.07) is 0. The van der Waals surface area contributed by atoms with Gasteiger partial charge in [0.15, 0.2) is 6.10 Å². The standard InChI is InChI=1S/C41H80NO8P/c1-6-8-10-12-14-16-18-20-21-22-24-25-27-29-31-33-40(43)47-37-39(38-49-51(45,46)48-36-35-42(3,4)5)50-41(44)34-32-30-28-26-23-19-17-15-13-11-9-7-2/h15,17,39H,6-14,16,18-38H2,1-5H3/b17-15-/t39-/m1/s1. The SMILES string of the molecule is CCCCC/C=C\CCCCCCCC(=O)O[C@H](COC(=O)CCCCCCCCCCCCCCCCC)COP(=O)([O-])OCC[N+](C)(C)C. The number of esters is 2. The van der Waals surface area contributed by atoms with Crippen LogP contribution in [0.15, 0.2) is 12.2 Å². The average Bonchev–Trinajstić information content (AvgIpc) is 3.07. The maximum Gasteiger partial charge on any atom is 0.306 e. The summed E-state index contributed by atoms with van der Waals surface area (Å²) < 4.78 is 33.8. The Kier molecular flexibility index (Phi) is 33.7. The van der Waals surface area contributed by atoms with Gasteiger partial charge in [-0.25, -0.2) is 0 Å². The van der Waals surface area contributed by atoms with Gasteiger partial charge in [-0.05, 0) is 38.5 Å². The van der Waals surface area contributed by atoms with Crippen molar-refractivity contribution in [1.82, 2.24) is 0 Å². The van der Waals surface area contributed by atoms with E-state index >= 15 is 0 Å². The number of carbonyl (C=O) groups is 2. The molecule has 0 N–H and O–H groups in total. The number of unbranched alkanes of at least 4 members (excludes halogenated alkanes) is 22. The Morgan fingerprint density at radius 3 is 1.49 bits per heavy atom. The molecule has 0 aliphatic heterocycles. The van der Waals surface area contributed by atoms with Crippen LogP contribution in [0.5, 0.6) is 0 Å². The van der Waals surface area contributed by atoms with Gasteiger partial charge in [-0.1, -0.05) is 148 Å². The molecule has 0 rings (SSSR count). The van der Waals surface area contributed by atoms with Crippen LogP contribution >= 0.6 is 7.82 Å². The van der Waals surface area contributed by atoms with Crippen LogP contribution < -0.4 is 4.89 Å². The van der Waals surface area contributed by atoms with Crippen molar-refractivity contribution in [2.24, 2.45) is 0 Å². The highest BCUT2D eigenvalue weighted by atomic mass is 31.2. The van der Waals surface area contributed by atoms with Crippen LogP contribution in [0.4, 0.5) is 0 Å². The van der Waals surface area contributed by atoms with Gasteiger partial charge >= 0.3 is 11.9 Å². The third-order valence-corrected chi connectivity index (χ3v) is 10.00. The molecule has 9 nitrogen and oxygen atoms in total. The lowest BCUT2D eigenvalue weighted by molar-refractivity contribution is -0.870. The number of phosphoric ester groups is 1. The second-order valence-corrected chi connectivity index (χ2v) is 16.8. The van der Waals surface area contributed by atoms with Crippen LogP contribution in [0.1, 0.15) is 187 Å². The summed E-state index contributed by atoms with van der Waals surface area (Å²) >= 11 is 0. The second-order valence-electron chi connectivity index (χ2n) is 15.4. The van der Waals surface area contributed by atoms with E-state index in [1.54, 1.807) is 0 Å². The fourth-order valence-corrected chi connectivity index (χ4v) is 6.44. The van der Waals surface area contributed by atoms with Crippen molar-refractivity contribution in [3.63, 3.8) is 0 Å². The summed E-state index contributed by atoms with van der Waals surface area (Å²) in [5, 5.41) is 0. The van der Waals surface area contributed by atoms with E-state index in [-0.39, 0.29) is 32.0 Å². The van der Waals surface area contributed by atoms with E-state index in [1.165, 1.54) is 96.3 Å². The molecule has 0 aliphatic rings. The summed E-state index contributed by atoms with van der Waals surface area (Å²) in [6.07, 6.45) is 33.7. The van der Waals surface area contributed by atoms with Crippen molar-refractivity contribution < 1.29 is 42.1 Å². The van der Waals surface area contributed by atoms with E-state index in [0.29, 0.717) is 17.4 Å². The van der Waals surface area contributed by atoms with Gasteiger partial charge in [-0.15, -0.1) is 0 Å². The lowest BCUT2D eigenvalue weighted by atomic mass is 10.0. The van der Waals surface area contributed by atoms with Crippen molar-refractivity contribution in [3.05, 3.63) is 12.2 Å². The Morgan fingerprint density at radius 2 is 1.00 bits per heavy atom. The quantitative estimate of drug-likeness (QED) is 0.0202. The van der Waals surface area contributed by atoms with E-state index in [9.17, 15) is 19.0 Å². The van der Waals surface area contributed by atoms with Crippen LogP contribution in [0.25, 0.3) is 0 Å². The van der Waals surface area contributed by atoms with E-state index in [1.807, 2.05) is 21.1 Å². The first-order valence-electron chi connectivity index (χ1n) is 20.9. The number of hydrogen-bond donors (Lipinski definition) is 0. The fraction of sp³-hybridized carbons (Fsp3) is 0.902. The molecule has 0 saturated heterocycles. The third-order valence-electron chi connectivity index (χ3n) is 9.04. The minimum atomic E-state index is -4.62. The number of hydrogen-bond acceptors (Lipinski definition) is 8. The Morgan fingerprint density at radius 1 is 0.588 bits per heavy atom. The Bertz CT molecular complexity index is 891. The highest BCUT2D eigenvalue weighted by Gasteiger charge is 2.21. The molecular formula is C41H80NO8P. The van der Waals surface area contributed by atoms with Gasteiger partial charge in [-0.2, -0.15) is 0 Å². The van der Waals surface area contributed by atoms with Gasteiger partial charge in [0.2, 0.25) is 0 Å². The molecule has 2 atom stereocenters. The number of quaternary nitrogens is 1. The molecular weight excluding hydrogens is 665 g/mol. The molecule has 0 aliphatic carbocycles. The summed E-state index contributed by atoms with van der Waals surface area (Å²) in [7, 11) is 1.17. The summed E-state index contributed by atoms with van der Waals surface area (Å²) in [4.78, 5) is 37.4. The molecule has 0 heterocycles. The number of likely N-dealkylation sites (N-methyl/N-ethyl adjacent to an activating group) is 1. The fourth-order valence-electron chi connectivity index (χ4n) is 5.71. The summed E-state index contributed by atoms with van der Waals surface area (Å²) in [5.41, 5.74) is 0. The zero-order valence-corrected chi connectivity index (χ0v) is 34.7. The van der Waals surface area contributed by atoms with Crippen molar-refractivity contribution in [2.45, 2.75) is 193 Å². The Labute approximate surface area is 314 Å². The number of rotatable bonds is 38. The first kappa shape index (κ1) is 49.8. The highest BCUT2D eigenvalue weighted by Crippen LogP contribution is 2.38. The normalized spacial score (nSPS) is 13.8. The lowest BCUT2D eigenvalue weighted by Gasteiger charge is -2.28. The van der Waals surface area contributed by atoms with Crippen LogP contribution in [0.2, 0.25) is 0 Å². The van der Waals surface area contributed by atoms with E-state index in [4.69, 9.17) is 18.5 Å². The molecule has 0 aromatic carbocycles. The van der Waals surface area contributed by atoms with Gasteiger partial charge < -0.3 is 27.9 Å². The zero-order chi connectivity index (χ0) is 37.9. The maximum absolute atomic E-state index is 12.6. The summed E-state index contributed by atoms with van der Waals surface area (Å²) in [6.45, 7) is 4.20. The third kappa shape index (κ3) is 38.3. The monoisotopic (exact) mass is 746 g/mol. The number of ether oxygens (including phenoxy) is 2. The molecule has 0 aromatic rings. The van der Waals surface area contributed by atoms with E-state index in [2.05, 4.69) is 26.0 Å². The van der Waals surface area contributed by atoms with Gasteiger partial charge in [0.1, 0.15) is 19.8 Å². The molecule has 0 radical (unpaired) electrons. The smallest absolute Gasteiger partial charge is 0.306 e. The van der Waals surface area contributed by atoms with E-state index in [0.717, 1.165) is 57.8 Å². The predicted molar refractivity (Wildman–Crippen MR) is 208 cm³/mol. The van der Waals surface area contributed by atoms with Crippen molar-refractivity contribution in [2.75, 3.05) is 47.5 Å². The molecule has 51 heavy (non-hydrogen) atoms. The predicted octanol–water partition coefficient (Wildman–Crippen LogP) is 10.8. The van der Waals surface area contributed by atoms with Gasteiger partial charge in [0.05, 0.1) is 27.7 Å². The van der Waals surface area contributed by atoms with E-state index < -0.39 is 26.5 Å². The lowest BCUT2D eigenvalue weighted by Crippen LogP contribution is -2.37. The average molecular weight is 746 g/mol. The number of phosphoric acid groups is 1. The van der Waals surface area contributed by atoms with Crippen LogP contribution in [-0.2, 0) is 32.7 Å². The second kappa shape index (κ2) is 34.5. The molecule has 0 spiro atoms. The molecule has 10 heteroatoms. The largest absolute Gasteiger partial charge is 0.756 e. The number of allylic oxidation sites excluding steroid dienone is 2. The van der Waals surface area contributed by atoms with Crippen molar-refractivity contribution in [3.8, 4) is 0 Å². The maximum atomic E-state index is 12.6. The molecule has 0 amide bonds. The minimum absolute atomic E-state index is 0.0295. The topological polar surface area (TPSA) is 111 Å². The molecule has 0 bridgehead atoms.